The first kappa shape index (κ1) is 21.3. The van der Waals surface area contributed by atoms with E-state index in [9.17, 15) is 18.0 Å². The van der Waals surface area contributed by atoms with Gasteiger partial charge in [-0.3, -0.25) is 9.59 Å². The van der Waals surface area contributed by atoms with Crippen LogP contribution in [0.4, 0.5) is 5.69 Å². The summed E-state index contributed by atoms with van der Waals surface area (Å²) in [7, 11) is -0.487. The van der Waals surface area contributed by atoms with Crippen LogP contribution < -0.4 is 10.6 Å². The molecule has 1 atom stereocenters. The highest BCUT2D eigenvalue weighted by Gasteiger charge is 2.28. The molecule has 1 aliphatic rings. The van der Waals surface area contributed by atoms with Crippen LogP contribution in [0.15, 0.2) is 29.2 Å². The summed E-state index contributed by atoms with van der Waals surface area (Å²) in [6.45, 7) is 3.35. The number of rotatable bonds is 7. The number of sulfonamides is 1. The van der Waals surface area contributed by atoms with Crippen LogP contribution in [-0.4, -0.2) is 69.7 Å². The summed E-state index contributed by atoms with van der Waals surface area (Å²) >= 11 is 0. The van der Waals surface area contributed by atoms with Gasteiger partial charge in [0.25, 0.3) is 0 Å². The van der Waals surface area contributed by atoms with Crippen LogP contribution in [-0.2, 0) is 19.6 Å². The Balaban J connectivity index is 2.01. The lowest BCUT2D eigenvalue weighted by molar-refractivity contribution is -0.133. The van der Waals surface area contributed by atoms with Crippen LogP contribution in [0, 0.1) is 5.92 Å². The molecule has 2 amide bonds. The van der Waals surface area contributed by atoms with Gasteiger partial charge in [0.05, 0.1) is 11.4 Å². The standard InChI is InChI=1S/C18H28N4O4S/c1-14(23)20-16-6-8-17(9-7-16)27(25,26)21(3)13-18(24)22-10-4-5-15(12-22)11-19-2/h6-9,15,19H,4-5,10-13H2,1-3H3,(H,20,23). The van der Waals surface area contributed by atoms with Crippen molar-refractivity contribution >= 4 is 27.5 Å². The summed E-state index contributed by atoms with van der Waals surface area (Å²) in [6.07, 6.45) is 2.00. The van der Waals surface area contributed by atoms with Gasteiger partial charge in [-0.05, 0) is 56.6 Å². The van der Waals surface area contributed by atoms with Crippen molar-refractivity contribution in [1.82, 2.24) is 14.5 Å². The smallest absolute Gasteiger partial charge is 0.243 e. The first-order valence-electron chi connectivity index (χ1n) is 9.00. The highest BCUT2D eigenvalue weighted by Crippen LogP contribution is 2.19. The molecule has 0 saturated carbocycles. The number of anilines is 1. The fourth-order valence-electron chi connectivity index (χ4n) is 3.22. The second kappa shape index (κ2) is 9.29. The van der Waals surface area contributed by atoms with Crippen molar-refractivity contribution in [2.45, 2.75) is 24.7 Å². The molecule has 0 spiro atoms. The Morgan fingerprint density at radius 3 is 2.52 bits per heavy atom. The summed E-state index contributed by atoms with van der Waals surface area (Å²) in [5.41, 5.74) is 0.518. The highest BCUT2D eigenvalue weighted by molar-refractivity contribution is 7.89. The zero-order chi connectivity index (χ0) is 20.0. The summed E-state index contributed by atoms with van der Waals surface area (Å²) in [4.78, 5) is 25.4. The zero-order valence-corrected chi connectivity index (χ0v) is 16.9. The van der Waals surface area contributed by atoms with Gasteiger partial charge < -0.3 is 15.5 Å². The molecule has 8 nitrogen and oxygen atoms in total. The average Bonchev–Trinajstić information content (AvgIpc) is 2.62. The van der Waals surface area contributed by atoms with E-state index in [1.54, 1.807) is 4.90 Å². The molecule has 27 heavy (non-hydrogen) atoms. The maximum absolute atomic E-state index is 12.7. The Morgan fingerprint density at radius 2 is 1.93 bits per heavy atom. The average molecular weight is 397 g/mol. The van der Waals surface area contributed by atoms with E-state index in [1.165, 1.54) is 38.2 Å². The van der Waals surface area contributed by atoms with Crippen molar-refractivity contribution in [3.8, 4) is 0 Å². The Kier molecular flexibility index (Phi) is 7.34. The molecule has 0 aromatic heterocycles. The molecule has 0 bridgehead atoms. The van der Waals surface area contributed by atoms with Crippen molar-refractivity contribution < 1.29 is 18.0 Å². The minimum atomic E-state index is -3.78. The molecule has 1 unspecified atom stereocenters. The number of likely N-dealkylation sites (N-methyl/N-ethyl adjacent to an activating group) is 1. The fourth-order valence-corrected chi connectivity index (χ4v) is 4.34. The van der Waals surface area contributed by atoms with E-state index in [0.717, 1.165) is 23.7 Å². The number of carbonyl (C=O) groups is 2. The van der Waals surface area contributed by atoms with E-state index in [2.05, 4.69) is 10.6 Å². The predicted molar refractivity (Wildman–Crippen MR) is 104 cm³/mol. The predicted octanol–water partition coefficient (Wildman–Crippen LogP) is 0.724. The molecule has 1 aromatic rings. The third kappa shape index (κ3) is 5.75. The van der Waals surface area contributed by atoms with Gasteiger partial charge in [-0.15, -0.1) is 0 Å². The monoisotopic (exact) mass is 396 g/mol. The Labute approximate surface area is 161 Å². The SMILES string of the molecule is CNCC1CCCN(C(=O)CN(C)S(=O)(=O)c2ccc(NC(C)=O)cc2)C1. The molecular formula is C18H28N4O4S. The second-order valence-corrected chi connectivity index (χ2v) is 8.92. The number of benzene rings is 1. The van der Waals surface area contributed by atoms with E-state index in [4.69, 9.17) is 0 Å². The number of nitrogens with one attached hydrogen (secondary N) is 2. The van der Waals surface area contributed by atoms with Gasteiger partial charge in [0.2, 0.25) is 21.8 Å². The van der Waals surface area contributed by atoms with Crippen LogP contribution in [0.5, 0.6) is 0 Å². The van der Waals surface area contributed by atoms with Crippen LogP contribution in [0.2, 0.25) is 0 Å². The summed E-state index contributed by atoms with van der Waals surface area (Å²) in [5, 5.41) is 5.72. The summed E-state index contributed by atoms with van der Waals surface area (Å²) < 4.78 is 26.5. The lowest BCUT2D eigenvalue weighted by atomic mass is 9.98. The van der Waals surface area contributed by atoms with Crippen molar-refractivity contribution in [2.24, 2.45) is 5.92 Å². The van der Waals surface area contributed by atoms with Crippen LogP contribution in [0.25, 0.3) is 0 Å². The van der Waals surface area contributed by atoms with E-state index >= 15 is 0 Å². The molecule has 2 N–H and O–H groups in total. The molecule has 150 valence electrons. The first-order chi connectivity index (χ1) is 12.7. The van der Waals surface area contributed by atoms with E-state index < -0.39 is 10.0 Å². The molecule has 1 saturated heterocycles. The molecule has 1 fully saturated rings. The van der Waals surface area contributed by atoms with Crippen molar-refractivity contribution in [2.75, 3.05) is 45.6 Å². The van der Waals surface area contributed by atoms with Gasteiger partial charge in [-0.2, -0.15) is 4.31 Å². The summed E-state index contributed by atoms with van der Waals surface area (Å²) in [6, 6.07) is 5.89. The van der Waals surface area contributed by atoms with Crippen molar-refractivity contribution in [3.63, 3.8) is 0 Å². The molecule has 9 heteroatoms. The van der Waals surface area contributed by atoms with Crippen LogP contribution in [0.3, 0.4) is 0 Å². The minimum absolute atomic E-state index is 0.0820. The Bertz CT molecular complexity index is 762. The second-order valence-electron chi connectivity index (χ2n) is 6.87. The summed E-state index contributed by atoms with van der Waals surface area (Å²) in [5.74, 6) is -0.0147. The van der Waals surface area contributed by atoms with E-state index in [1.807, 2.05) is 7.05 Å². The molecule has 0 radical (unpaired) electrons. The van der Waals surface area contributed by atoms with Crippen LogP contribution >= 0.6 is 0 Å². The number of nitrogens with zero attached hydrogens (tertiary/aromatic N) is 2. The molecule has 1 aliphatic heterocycles. The highest BCUT2D eigenvalue weighted by atomic mass is 32.2. The number of hydrogen-bond donors (Lipinski definition) is 2. The number of likely N-dealkylation sites (tertiary alicyclic amines) is 1. The van der Waals surface area contributed by atoms with Crippen LogP contribution in [0.1, 0.15) is 19.8 Å². The number of amides is 2. The normalized spacial score (nSPS) is 17.8. The Hall–Kier alpha value is -1.97. The quantitative estimate of drug-likeness (QED) is 0.708. The van der Waals surface area contributed by atoms with E-state index in [0.29, 0.717) is 24.7 Å². The molecule has 1 heterocycles. The molecule has 2 rings (SSSR count). The van der Waals surface area contributed by atoms with Gasteiger partial charge in [0, 0.05) is 32.7 Å². The fraction of sp³-hybridized carbons (Fsp3) is 0.556. The van der Waals surface area contributed by atoms with Gasteiger partial charge in [0.1, 0.15) is 0 Å². The number of hydrogen-bond acceptors (Lipinski definition) is 5. The van der Waals surface area contributed by atoms with Gasteiger partial charge in [-0.25, -0.2) is 8.42 Å². The number of piperidine rings is 1. The van der Waals surface area contributed by atoms with Crippen molar-refractivity contribution in [1.29, 1.82) is 0 Å². The lowest BCUT2D eigenvalue weighted by Gasteiger charge is -2.33. The lowest BCUT2D eigenvalue weighted by Crippen LogP contribution is -2.46. The van der Waals surface area contributed by atoms with Gasteiger partial charge >= 0.3 is 0 Å². The van der Waals surface area contributed by atoms with Crippen molar-refractivity contribution in [3.05, 3.63) is 24.3 Å². The van der Waals surface area contributed by atoms with E-state index in [-0.39, 0.29) is 23.3 Å². The maximum atomic E-state index is 12.7. The molecular weight excluding hydrogens is 368 g/mol. The number of carbonyl (C=O) groups excluding carboxylic acids is 2. The minimum Gasteiger partial charge on any atom is -0.341 e. The van der Waals surface area contributed by atoms with Gasteiger partial charge in [0.15, 0.2) is 0 Å². The third-order valence-corrected chi connectivity index (χ3v) is 6.42. The third-order valence-electron chi connectivity index (χ3n) is 4.61. The Morgan fingerprint density at radius 1 is 1.26 bits per heavy atom. The topological polar surface area (TPSA) is 98.8 Å². The zero-order valence-electron chi connectivity index (χ0n) is 16.1. The largest absolute Gasteiger partial charge is 0.341 e. The maximum Gasteiger partial charge on any atom is 0.243 e. The van der Waals surface area contributed by atoms with Gasteiger partial charge in [-0.1, -0.05) is 0 Å². The first-order valence-corrected chi connectivity index (χ1v) is 10.4. The molecule has 1 aromatic carbocycles. The molecule has 0 aliphatic carbocycles.